The van der Waals surface area contributed by atoms with Gasteiger partial charge in [0, 0.05) is 17.8 Å². The molecule has 0 aliphatic carbocycles. The predicted octanol–water partition coefficient (Wildman–Crippen LogP) is 2.71. The molecule has 0 spiro atoms. The summed E-state index contributed by atoms with van der Waals surface area (Å²) in [6.45, 7) is 2.08. The van der Waals surface area contributed by atoms with Gasteiger partial charge in [0.1, 0.15) is 6.42 Å². The van der Waals surface area contributed by atoms with Crippen LogP contribution in [0.5, 0.6) is 0 Å². The van der Waals surface area contributed by atoms with Crippen LogP contribution in [0.3, 0.4) is 0 Å². The van der Waals surface area contributed by atoms with Crippen LogP contribution in [0.1, 0.15) is 39.0 Å². The van der Waals surface area contributed by atoms with Crippen LogP contribution in [0, 0.1) is 0 Å². The van der Waals surface area contributed by atoms with E-state index in [1.807, 2.05) is 0 Å². The summed E-state index contributed by atoms with van der Waals surface area (Å²) in [5.74, 6) is -1.11. The molecule has 120 valence electrons. The summed E-state index contributed by atoms with van der Waals surface area (Å²) < 4.78 is 4.42. The quantitative estimate of drug-likeness (QED) is 0.439. The largest absolute Gasteiger partial charge is 0.469 e. The molecule has 1 aromatic rings. The fraction of sp³-hybridized carbons (Fsp3) is 0.438. The fourth-order valence-electron chi connectivity index (χ4n) is 1.84. The number of hydrogen-bond acceptors (Lipinski definition) is 4. The smallest absolute Gasteiger partial charge is 0.315 e. The van der Waals surface area contributed by atoms with E-state index in [4.69, 9.17) is 0 Å². The Bertz CT molecular complexity index is 529. The van der Waals surface area contributed by atoms with E-state index in [9.17, 15) is 14.4 Å². The molecule has 0 saturated heterocycles. The number of nitrogens with one attached hydrogen (secondary N) is 2. The molecule has 0 aliphatic heterocycles. The fourth-order valence-corrected chi connectivity index (χ4v) is 1.84. The number of benzene rings is 1. The second kappa shape index (κ2) is 9.55. The number of ether oxygens (including phenoxy) is 1. The van der Waals surface area contributed by atoms with Crippen molar-refractivity contribution in [2.24, 2.45) is 0 Å². The molecule has 0 saturated carbocycles. The molecule has 6 heteroatoms. The Morgan fingerprint density at radius 2 is 1.68 bits per heavy atom. The normalized spacial score (nSPS) is 9.91. The molecule has 22 heavy (non-hydrogen) atoms. The van der Waals surface area contributed by atoms with Gasteiger partial charge in [-0.15, -0.1) is 0 Å². The number of anilines is 2. The van der Waals surface area contributed by atoms with Gasteiger partial charge in [0.15, 0.2) is 0 Å². The number of amides is 2. The van der Waals surface area contributed by atoms with Gasteiger partial charge in [0.25, 0.3) is 0 Å². The average molecular weight is 306 g/mol. The lowest BCUT2D eigenvalue weighted by Crippen LogP contribution is -2.17. The van der Waals surface area contributed by atoms with Crippen LogP contribution >= 0.6 is 0 Å². The average Bonchev–Trinajstić information content (AvgIpc) is 2.47. The van der Waals surface area contributed by atoms with Gasteiger partial charge >= 0.3 is 5.97 Å². The van der Waals surface area contributed by atoms with E-state index in [-0.39, 0.29) is 12.3 Å². The minimum atomic E-state index is -0.599. The molecule has 0 aromatic heterocycles. The molecule has 0 radical (unpaired) electrons. The summed E-state index contributed by atoms with van der Waals surface area (Å²) in [5.41, 5.74) is 1.12. The number of carbonyl (C=O) groups excluding carboxylic acids is 3. The topological polar surface area (TPSA) is 84.5 Å². The first kappa shape index (κ1) is 17.7. The van der Waals surface area contributed by atoms with Crippen molar-refractivity contribution >= 4 is 29.2 Å². The maximum atomic E-state index is 11.7. The van der Waals surface area contributed by atoms with Gasteiger partial charge in [-0.2, -0.15) is 0 Å². The van der Waals surface area contributed by atoms with Crippen molar-refractivity contribution in [3.8, 4) is 0 Å². The summed E-state index contributed by atoms with van der Waals surface area (Å²) in [4.78, 5) is 34.3. The lowest BCUT2D eigenvalue weighted by Gasteiger charge is -2.08. The van der Waals surface area contributed by atoms with Crippen molar-refractivity contribution < 1.29 is 19.1 Å². The van der Waals surface area contributed by atoms with Gasteiger partial charge in [-0.3, -0.25) is 14.4 Å². The number of methoxy groups -OCH3 is 1. The van der Waals surface area contributed by atoms with Crippen LogP contribution < -0.4 is 10.6 Å². The highest BCUT2D eigenvalue weighted by atomic mass is 16.5. The molecule has 2 N–H and O–H groups in total. The van der Waals surface area contributed by atoms with Crippen LogP contribution in [0.15, 0.2) is 24.3 Å². The molecule has 1 aromatic carbocycles. The molecular weight excluding hydrogens is 284 g/mol. The molecule has 2 amide bonds. The van der Waals surface area contributed by atoms with Crippen molar-refractivity contribution in [3.63, 3.8) is 0 Å². The number of rotatable bonds is 8. The van der Waals surface area contributed by atoms with E-state index >= 15 is 0 Å². The Kier molecular flexibility index (Phi) is 7.67. The number of hydrogen-bond donors (Lipinski definition) is 2. The molecule has 0 aliphatic rings. The van der Waals surface area contributed by atoms with Crippen molar-refractivity contribution in [2.45, 2.75) is 39.0 Å². The standard InChI is InChI=1S/C16H22N2O4/c1-3-4-5-9-14(19)17-12-7-6-8-13(10-12)18-15(20)11-16(21)22-2/h6-8,10H,3-5,9,11H2,1-2H3,(H,17,19)(H,18,20). The van der Waals surface area contributed by atoms with E-state index < -0.39 is 11.9 Å². The molecule has 0 unspecified atom stereocenters. The summed E-state index contributed by atoms with van der Waals surface area (Å²) in [6, 6.07) is 6.79. The first-order chi connectivity index (χ1) is 10.5. The molecule has 0 atom stereocenters. The minimum absolute atomic E-state index is 0.0495. The zero-order chi connectivity index (χ0) is 16.4. The predicted molar refractivity (Wildman–Crippen MR) is 84.5 cm³/mol. The van der Waals surface area contributed by atoms with Crippen LogP contribution in [0.25, 0.3) is 0 Å². The maximum Gasteiger partial charge on any atom is 0.315 e. The first-order valence-corrected chi connectivity index (χ1v) is 7.31. The Balaban J connectivity index is 2.53. The summed E-state index contributed by atoms with van der Waals surface area (Å²) in [6.07, 6.45) is 3.08. The van der Waals surface area contributed by atoms with Gasteiger partial charge in [-0.1, -0.05) is 25.8 Å². The Labute approximate surface area is 130 Å². The van der Waals surface area contributed by atoms with Crippen LogP contribution in [-0.2, 0) is 19.1 Å². The van der Waals surface area contributed by atoms with Crippen LogP contribution in [0.4, 0.5) is 11.4 Å². The first-order valence-electron chi connectivity index (χ1n) is 7.31. The van der Waals surface area contributed by atoms with Crippen molar-refractivity contribution in [2.75, 3.05) is 17.7 Å². The minimum Gasteiger partial charge on any atom is -0.469 e. The second-order valence-corrected chi connectivity index (χ2v) is 4.89. The number of esters is 1. The van der Waals surface area contributed by atoms with E-state index in [0.29, 0.717) is 17.8 Å². The Morgan fingerprint density at radius 3 is 2.27 bits per heavy atom. The van der Waals surface area contributed by atoms with Crippen molar-refractivity contribution in [1.82, 2.24) is 0 Å². The highest BCUT2D eigenvalue weighted by Crippen LogP contribution is 2.16. The number of carbonyl (C=O) groups is 3. The summed E-state index contributed by atoms with van der Waals surface area (Å²) in [7, 11) is 1.23. The summed E-state index contributed by atoms with van der Waals surface area (Å²) >= 11 is 0. The number of unbranched alkanes of at least 4 members (excludes halogenated alkanes) is 2. The lowest BCUT2D eigenvalue weighted by molar-refractivity contribution is -0.142. The molecule has 6 nitrogen and oxygen atoms in total. The van der Waals surface area contributed by atoms with E-state index in [1.54, 1.807) is 24.3 Å². The third-order valence-electron chi connectivity index (χ3n) is 2.97. The lowest BCUT2D eigenvalue weighted by atomic mass is 10.2. The van der Waals surface area contributed by atoms with Gasteiger partial charge in [-0.25, -0.2) is 0 Å². The summed E-state index contributed by atoms with van der Waals surface area (Å²) in [5, 5.41) is 5.37. The third-order valence-corrected chi connectivity index (χ3v) is 2.97. The van der Waals surface area contributed by atoms with Gasteiger partial charge < -0.3 is 15.4 Å². The van der Waals surface area contributed by atoms with E-state index in [0.717, 1.165) is 19.3 Å². The molecule has 0 bridgehead atoms. The molecule has 0 heterocycles. The second-order valence-electron chi connectivity index (χ2n) is 4.89. The molecule has 0 fully saturated rings. The van der Waals surface area contributed by atoms with Gasteiger partial charge in [-0.05, 0) is 24.6 Å². The van der Waals surface area contributed by atoms with Gasteiger partial charge in [0.2, 0.25) is 11.8 Å². The van der Waals surface area contributed by atoms with E-state index in [2.05, 4.69) is 22.3 Å². The Morgan fingerprint density at radius 1 is 1.05 bits per heavy atom. The highest BCUT2D eigenvalue weighted by molar-refractivity contribution is 6.02. The van der Waals surface area contributed by atoms with Gasteiger partial charge in [0.05, 0.1) is 7.11 Å². The molecular formula is C16H22N2O4. The third kappa shape index (κ3) is 6.88. The zero-order valence-electron chi connectivity index (χ0n) is 13.0. The van der Waals surface area contributed by atoms with E-state index in [1.165, 1.54) is 7.11 Å². The zero-order valence-corrected chi connectivity index (χ0v) is 13.0. The van der Waals surface area contributed by atoms with Crippen molar-refractivity contribution in [3.05, 3.63) is 24.3 Å². The van der Waals surface area contributed by atoms with Crippen LogP contribution in [0.2, 0.25) is 0 Å². The van der Waals surface area contributed by atoms with Crippen LogP contribution in [-0.4, -0.2) is 24.9 Å². The SMILES string of the molecule is CCCCCC(=O)Nc1cccc(NC(=O)CC(=O)OC)c1. The molecule has 1 rings (SSSR count). The highest BCUT2D eigenvalue weighted by Gasteiger charge is 2.10. The Hall–Kier alpha value is -2.37. The van der Waals surface area contributed by atoms with Crippen molar-refractivity contribution in [1.29, 1.82) is 0 Å². The monoisotopic (exact) mass is 306 g/mol. The maximum absolute atomic E-state index is 11.7.